The van der Waals surface area contributed by atoms with Gasteiger partial charge in [-0.3, -0.25) is 19.2 Å². The maximum Gasteiger partial charge on any atom is 0.246 e. The fraction of sp³-hybridized carbons (Fsp3) is 0.643. The second-order valence-electron chi connectivity index (χ2n) is 10.7. The summed E-state index contributed by atoms with van der Waals surface area (Å²) in [5.41, 5.74) is 0.724. The highest BCUT2D eigenvalue weighted by atomic mass is 16.3. The topological polar surface area (TPSA) is 131 Å². The van der Waals surface area contributed by atoms with Gasteiger partial charge in [-0.1, -0.05) is 25.0 Å². The molecule has 0 aromatic heterocycles. The third-order valence-corrected chi connectivity index (χ3v) is 7.36. The molecule has 2 aliphatic rings. The fourth-order valence-corrected chi connectivity index (χ4v) is 5.40. The van der Waals surface area contributed by atoms with Crippen molar-refractivity contribution in [2.75, 3.05) is 33.7 Å². The van der Waals surface area contributed by atoms with Crippen molar-refractivity contribution < 1.29 is 24.3 Å². The van der Waals surface area contributed by atoms with Gasteiger partial charge in [-0.25, -0.2) is 0 Å². The Balaban J connectivity index is 1.66. The number of hydrogen-bond donors (Lipinski definition) is 4. The number of phenols is 1. The molecule has 0 saturated carbocycles. The van der Waals surface area contributed by atoms with E-state index in [1.54, 1.807) is 29.2 Å². The lowest BCUT2D eigenvalue weighted by atomic mass is 9.92. The SMILES string of the molecule is CC(=O)NCCCC[C@@H]1NC(=O)[C@@H]2C[C@H](C(=O)NCCCCCCN(C)C)[C@H](c3ccc(O)cc3)N2C1=O. The van der Waals surface area contributed by atoms with E-state index in [-0.39, 0.29) is 35.8 Å². The summed E-state index contributed by atoms with van der Waals surface area (Å²) < 4.78 is 0. The Morgan fingerprint density at radius 1 is 1.00 bits per heavy atom. The van der Waals surface area contributed by atoms with Crippen LogP contribution in [-0.4, -0.2) is 84.3 Å². The Labute approximate surface area is 225 Å². The third kappa shape index (κ3) is 7.93. The Hall–Kier alpha value is -3.14. The Bertz CT molecular complexity index is 967. The summed E-state index contributed by atoms with van der Waals surface area (Å²) in [5, 5.41) is 18.4. The number of unbranched alkanes of at least 4 members (excludes halogenated alkanes) is 4. The van der Waals surface area contributed by atoms with Crippen molar-refractivity contribution >= 4 is 23.6 Å². The summed E-state index contributed by atoms with van der Waals surface area (Å²) in [7, 11) is 4.11. The highest BCUT2D eigenvalue weighted by molar-refractivity contribution is 5.99. The summed E-state index contributed by atoms with van der Waals surface area (Å²) in [6.07, 6.45) is 6.21. The van der Waals surface area contributed by atoms with Gasteiger partial charge < -0.3 is 30.9 Å². The van der Waals surface area contributed by atoms with Gasteiger partial charge in [0.15, 0.2) is 0 Å². The predicted octanol–water partition coefficient (Wildman–Crippen LogP) is 1.69. The van der Waals surface area contributed by atoms with E-state index in [1.165, 1.54) is 6.92 Å². The third-order valence-electron chi connectivity index (χ3n) is 7.36. The molecule has 4 amide bonds. The van der Waals surface area contributed by atoms with E-state index in [0.717, 1.165) is 37.8 Å². The van der Waals surface area contributed by atoms with Gasteiger partial charge in [0.2, 0.25) is 23.6 Å². The first-order valence-electron chi connectivity index (χ1n) is 13.8. The van der Waals surface area contributed by atoms with Gasteiger partial charge in [-0.05, 0) is 76.9 Å². The molecule has 2 aliphatic heterocycles. The maximum atomic E-state index is 13.6. The number of hydrogen-bond acceptors (Lipinski definition) is 6. The number of fused-ring (bicyclic) bond motifs is 1. The molecule has 10 heteroatoms. The van der Waals surface area contributed by atoms with Crippen LogP contribution in [0, 0.1) is 5.92 Å². The van der Waals surface area contributed by atoms with Crippen molar-refractivity contribution in [3.63, 3.8) is 0 Å². The lowest BCUT2D eigenvalue weighted by Crippen LogP contribution is -2.61. The zero-order chi connectivity index (χ0) is 27.7. The van der Waals surface area contributed by atoms with Crippen LogP contribution in [0.15, 0.2) is 24.3 Å². The molecule has 2 saturated heterocycles. The lowest BCUT2D eigenvalue weighted by Gasteiger charge is -2.38. The molecule has 2 fully saturated rings. The first-order valence-corrected chi connectivity index (χ1v) is 13.8. The Morgan fingerprint density at radius 2 is 1.66 bits per heavy atom. The summed E-state index contributed by atoms with van der Waals surface area (Å²) in [6, 6.07) is 4.56. The molecule has 10 nitrogen and oxygen atoms in total. The van der Waals surface area contributed by atoms with Crippen LogP contribution >= 0.6 is 0 Å². The van der Waals surface area contributed by atoms with Crippen LogP contribution in [0.4, 0.5) is 0 Å². The van der Waals surface area contributed by atoms with E-state index in [9.17, 15) is 24.3 Å². The number of nitrogens with one attached hydrogen (secondary N) is 3. The van der Waals surface area contributed by atoms with E-state index in [4.69, 9.17) is 0 Å². The van der Waals surface area contributed by atoms with Gasteiger partial charge in [-0.2, -0.15) is 0 Å². The molecule has 3 rings (SSSR count). The molecule has 1 aromatic carbocycles. The van der Waals surface area contributed by atoms with E-state index < -0.39 is 24.0 Å². The summed E-state index contributed by atoms with van der Waals surface area (Å²) >= 11 is 0. The zero-order valence-corrected chi connectivity index (χ0v) is 22.9. The van der Waals surface area contributed by atoms with Gasteiger partial charge in [0, 0.05) is 20.0 Å². The highest BCUT2D eigenvalue weighted by Gasteiger charge is 2.54. The quantitative estimate of drug-likeness (QED) is 0.271. The standard InChI is InChI=1S/C28H43N5O5/c1-19(34)29-15-8-6-10-23-28(38)33-24(27(37)31-23)18-22(25(33)20-11-13-21(35)14-12-20)26(36)30-16-7-4-5-9-17-32(2)3/h11-14,22-25,35H,4-10,15-18H2,1-3H3,(H,29,34)(H,30,36)(H,31,37)/t22-,23-,24-,25-/m0/s1. The van der Waals surface area contributed by atoms with Crippen LogP contribution in [0.25, 0.3) is 0 Å². The number of piperazine rings is 1. The smallest absolute Gasteiger partial charge is 0.246 e. The van der Waals surface area contributed by atoms with Crippen LogP contribution < -0.4 is 16.0 Å². The minimum atomic E-state index is -0.710. The highest BCUT2D eigenvalue weighted by Crippen LogP contribution is 2.43. The number of carbonyl (C=O) groups excluding carboxylic acids is 4. The molecule has 210 valence electrons. The summed E-state index contributed by atoms with van der Waals surface area (Å²) in [4.78, 5) is 54.9. The molecule has 2 heterocycles. The van der Waals surface area contributed by atoms with Gasteiger partial charge in [0.05, 0.1) is 12.0 Å². The van der Waals surface area contributed by atoms with Crippen molar-refractivity contribution in [3.8, 4) is 5.75 Å². The number of phenolic OH excluding ortho intramolecular Hbond substituents is 1. The first kappa shape index (κ1) is 29.4. The van der Waals surface area contributed by atoms with E-state index in [0.29, 0.717) is 32.4 Å². The molecule has 38 heavy (non-hydrogen) atoms. The Kier molecular flexibility index (Phi) is 10.9. The minimum absolute atomic E-state index is 0.0957. The van der Waals surface area contributed by atoms with E-state index in [2.05, 4.69) is 34.9 Å². The van der Waals surface area contributed by atoms with Gasteiger partial charge in [-0.15, -0.1) is 0 Å². The second kappa shape index (κ2) is 14.1. The molecule has 4 atom stereocenters. The number of aromatic hydroxyl groups is 1. The number of amides is 4. The minimum Gasteiger partial charge on any atom is -0.508 e. The molecule has 1 aromatic rings. The normalized spacial score (nSPS) is 22.8. The van der Waals surface area contributed by atoms with Crippen molar-refractivity contribution in [3.05, 3.63) is 29.8 Å². The van der Waals surface area contributed by atoms with Crippen LogP contribution in [-0.2, 0) is 19.2 Å². The fourth-order valence-electron chi connectivity index (χ4n) is 5.40. The van der Waals surface area contributed by atoms with Crippen LogP contribution in [0.2, 0.25) is 0 Å². The molecule has 0 bridgehead atoms. The number of nitrogens with zero attached hydrogens (tertiary/aromatic N) is 2. The molecule has 0 unspecified atom stereocenters. The molecule has 0 radical (unpaired) electrons. The monoisotopic (exact) mass is 529 g/mol. The van der Waals surface area contributed by atoms with Crippen molar-refractivity contribution in [1.82, 2.24) is 25.8 Å². The molecule has 4 N–H and O–H groups in total. The molecule has 0 spiro atoms. The van der Waals surface area contributed by atoms with Crippen molar-refractivity contribution in [2.45, 2.75) is 76.4 Å². The predicted molar refractivity (Wildman–Crippen MR) is 144 cm³/mol. The van der Waals surface area contributed by atoms with Gasteiger partial charge >= 0.3 is 0 Å². The van der Waals surface area contributed by atoms with Crippen LogP contribution in [0.5, 0.6) is 5.75 Å². The largest absolute Gasteiger partial charge is 0.508 e. The average molecular weight is 530 g/mol. The van der Waals surface area contributed by atoms with Gasteiger partial charge in [0.1, 0.15) is 17.8 Å². The van der Waals surface area contributed by atoms with E-state index >= 15 is 0 Å². The summed E-state index contributed by atoms with van der Waals surface area (Å²) in [5.74, 6) is -1.15. The number of benzene rings is 1. The van der Waals surface area contributed by atoms with Crippen molar-refractivity contribution in [1.29, 1.82) is 0 Å². The maximum absolute atomic E-state index is 13.6. The molecule has 0 aliphatic carbocycles. The number of rotatable bonds is 14. The van der Waals surface area contributed by atoms with Crippen LogP contribution in [0.1, 0.15) is 69.9 Å². The van der Waals surface area contributed by atoms with Gasteiger partial charge in [0.25, 0.3) is 0 Å². The molecular weight excluding hydrogens is 486 g/mol. The lowest BCUT2D eigenvalue weighted by molar-refractivity contribution is -0.149. The second-order valence-corrected chi connectivity index (χ2v) is 10.7. The molecular formula is C28H43N5O5. The average Bonchev–Trinajstić information content (AvgIpc) is 3.28. The zero-order valence-electron chi connectivity index (χ0n) is 22.9. The first-order chi connectivity index (χ1) is 18.2. The summed E-state index contributed by atoms with van der Waals surface area (Å²) in [6.45, 7) is 3.58. The van der Waals surface area contributed by atoms with E-state index in [1.807, 2.05) is 0 Å². The Morgan fingerprint density at radius 3 is 2.34 bits per heavy atom. The van der Waals surface area contributed by atoms with Crippen LogP contribution in [0.3, 0.4) is 0 Å². The van der Waals surface area contributed by atoms with Crippen molar-refractivity contribution in [2.24, 2.45) is 5.92 Å². The number of carbonyl (C=O) groups is 4.